The molecule has 0 aliphatic rings. The second-order valence-corrected chi connectivity index (χ2v) is 11.5. The number of esters is 1. The van der Waals surface area contributed by atoms with Crippen molar-refractivity contribution in [1.82, 2.24) is 9.97 Å². The van der Waals surface area contributed by atoms with Gasteiger partial charge in [-0.15, -0.1) is 0 Å². The number of anilines is 1. The zero-order chi connectivity index (χ0) is 29.1. The number of pyridine rings is 1. The van der Waals surface area contributed by atoms with E-state index in [-0.39, 0.29) is 17.3 Å². The van der Waals surface area contributed by atoms with Gasteiger partial charge < -0.3 is 15.5 Å². The highest BCUT2D eigenvalue weighted by molar-refractivity contribution is 7.93. The lowest BCUT2D eigenvalue weighted by atomic mass is 10.0. The number of carbonyl (C=O) groups excluding carboxylic acids is 1. The van der Waals surface area contributed by atoms with Crippen molar-refractivity contribution in [2.24, 2.45) is 5.73 Å². The summed E-state index contributed by atoms with van der Waals surface area (Å²) in [5, 5.41) is 9.11. The predicted octanol–water partition coefficient (Wildman–Crippen LogP) is 4.85. The summed E-state index contributed by atoms with van der Waals surface area (Å²) in [6, 6.07) is 21.4. The SMILES string of the molecule is CCOC(=O)CN(c1ccc2[nH]c(CCc3ccc(C(=N)N)cc3)c(C)c2c1)S(=O)(=O)c1cccc2cccnc12. The van der Waals surface area contributed by atoms with Gasteiger partial charge in [0, 0.05) is 33.7 Å². The Labute approximate surface area is 238 Å². The van der Waals surface area contributed by atoms with Gasteiger partial charge in [-0.3, -0.25) is 19.5 Å². The summed E-state index contributed by atoms with van der Waals surface area (Å²) < 4.78 is 34.4. The normalized spacial score (nSPS) is 11.6. The molecule has 0 saturated carbocycles. The fraction of sp³-hybridized carbons (Fsp3) is 0.194. The smallest absolute Gasteiger partial charge is 0.326 e. The average Bonchev–Trinajstić information content (AvgIpc) is 3.29. The number of fused-ring (bicyclic) bond motifs is 2. The van der Waals surface area contributed by atoms with Gasteiger partial charge in [0.2, 0.25) is 0 Å². The third-order valence-corrected chi connectivity index (χ3v) is 8.91. The number of nitrogens with two attached hydrogens (primary N) is 1. The number of H-pyrrole nitrogens is 1. The van der Waals surface area contributed by atoms with Crippen LogP contribution in [-0.2, 0) is 32.4 Å². The average molecular weight is 570 g/mol. The van der Waals surface area contributed by atoms with Gasteiger partial charge in [-0.1, -0.05) is 42.5 Å². The largest absolute Gasteiger partial charge is 0.465 e. The van der Waals surface area contributed by atoms with Crippen molar-refractivity contribution in [2.75, 3.05) is 17.5 Å². The number of aromatic amines is 1. The molecule has 0 bridgehead atoms. The molecule has 0 unspecified atom stereocenters. The minimum absolute atomic E-state index is 0.0160. The van der Waals surface area contributed by atoms with Crippen LogP contribution in [0.2, 0.25) is 0 Å². The van der Waals surface area contributed by atoms with E-state index >= 15 is 0 Å². The Hall–Kier alpha value is -4.70. The molecule has 0 atom stereocenters. The van der Waals surface area contributed by atoms with E-state index in [0.717, 1.165) is 44.9 Å². The number of aromatic nitrogens is 2. The molecule has 10 heteroatoms. The van der Waals surface area contributed by atoms with Gasteiger partial charge in [0.05, 0.1) is 17.8 Å². The van der Waals surface area contributed by atoms with E-state index in [1.54, 1.807) is 49.5 Å². The number of hydrogen-bond acceptors (Lipinski definition) is 6. The summed E-state index contributed by atoms with van der Waals surface area (Å²) in [4.78, 5) is 20.4. The Morgan fingerprint density at radius 3 is 2.54 bits per heavy atom. The molecule has 0 aliphatic heterocycles. The fourth-order valence-electron chi connectivity index (χ4n) is 4.94. The quantitative estimate of drug-likeness (QED) is 0.125. The van der Waals surface area contributed by atoms with Gasteiger partial charge in [-0.2, -0.15) is 0 Å². The molecule has 3 aromatic carbocycles. The Morgan fingerprint density at radius 1 is 1.05 bits per heavy atom. The van der Waals surface area contributed by atoms with E-state index in [1.807, 2.05) is 37.3 Å². The molecule has 0 saturated heterocycles. The first-order valence-electron chi connectivity index (χ1n) is 13.3. The summed E-state index contributed by atoms with van der Waals surface area (Å²) in [6.07, 6.45) is 3.06. The molecule has 9 nitrogen and oxygen atoms in total. The molecule has 210 valence electrons. The standard InChI is InChI=1S/C31H31N5O4S/c1-3-40-29(37)19-36(41(38,39)28-8-4-6-22-7-5-17-34-30(22)28)24-14-16-27-25(18-24)20(2)26(35-27)15-11-21-9-12-23(13-10-21)31(32)33/h4-10,12-14,16-18,35H,3,11,15,19H2,1-2H3,(H3,32,33). The second kappa shape index (κ2) is 11.4. The lowest BCUT2D eigenvalue weighted by molar-refractivity contribution is -0.141. The van der Waals surface area contributed by atoms with E-state index in [9.17, 15) is 13.2 Å². The van der Waals surface area contributed by atoms with Crippen molar-refractivity contribution in [3.63, 3.8) is 0 Å². The van der Waals surface area contributed by atoms with Crippen molar-refractivity contribution < 1.29 is 17.9 Å². The molecule has 0 spiro atoms. The maximum Gasteiger partial charge on any atom is 0.326 e. The summed E-state index contributed by atoms with van der Waals surface area (Å²) in [5.74, 6) is -0.610. The van der Waals surface area contributed by atoms with E-state index in [1.165, 1.54) is 6.07 Å². The first kappa shape index (κ1) is 27.9. The molecule has 0 aliphatic carbocycles. The summed E-state index contributed by atoms with van der Waals surface area (Å²) in [7, 11) is -4.19. The van der Waals surface area contributed by atoms with Crippen LogP contribution in [0.25, 0.3) is 21.8 Å². The van der Waals surface area contributed by atoms with Crippen LogP contribution in [0.3, 0.4) is 0 Å². The van der Waals surface area contributed by atoms with E-state index in [2.05, 4.69) is 9.97 Å². The van der Waals surface area contributed by atoms with Crippen LogP contribution < -0.4 is 10.0 Å². The molecule has 5 aromatic rings. The minimum atomic E-state index is -4.19. The van der Waals surface area contributed by atoms with Gasteiger partial charge in [-0.05, 0) is 68.1 Å². The van der Waals surface area contributed by atoms with E-state index < -0.39 is 22.5 Å². The molecular weight excluding hydrogens is 538 g/mol. The highest BCUT2D eigenvalue weighted by atomic mass is 32.2. The Morgan fingerprint density at radius 2 is 1.80 bits per heavy atom. The number of carbonyl (C=O) groups is 1. The number of rotatable bonds is 10. The van der Waals surface area contributed by atoms with Crippen molar-refractivity contribution in [3.05, 3.63) is 101 Å². The molecule has 41 heavy (non-hydrogen) atoms. The van der Waals surface area contributed by atoms with Crippen molar-refractivity contribution in [1.29, 1.82) is 5.41 Å². The number of aryl methyl sites for hydroxylation is 3. The first-order valence-corrected chi connectivity index (χ1v) is 14.7. The Kier molecular flexibility index (Phi) is 7.76. The number of nitrogens with zero attached hydrogens (tertiary/aromatic N) is 2. The number of hydrogen-bond donors (Lipinski definition) is 3. The summed E-state index contributed by atoms with van der Waals surface area (Å²) in [6.45, 7) is 3.34. The Balaban J connectivity index is 1.51. The van der Waals surface area contributed by atoms with Crippen LogP contribution in [0, 0.1) is 12.3 Å². The van der Waals surface area contributed by atoms with Gasteiger partial charge >= 0.3 is 5.97 Å². The zero-order valence-electron chi connectivity index (χ0n) is 22.8. The van der Waals surface area contributed by atoms with Gasteiger partial charge in [0.1, 0.15) is 17.3 Å². The number of nitrogen functional groups attached to an aromatic ring is 1. The Bertz CT molecular complexity index is 1860. The van der Waals surface area contributed by atoms with Crippen molar-refractivity contribution in [2.45, 2.75) is 31.6 Å². The van der Waals surface area contributed by atoms with Gasteiger partial charge in [0.15, 0.2) is 0 Å². The molecular formula is C31H31N5O4S. The topological polar surface area (TPSA) is 142 Å². The molecule has 2 heterocycles. The number of nitrogens with one attached hydrogen (secondary N) is 2. The van der Waals surface area contributed by atoms with Gasteiger partial charge in [0.25, 0.3) is 10.0 Å². The van der Waals surface area contributed by atoms with Crippen LogP contribution in [0.15, 0.2) is 83.9 Å². The van der Waals surface area contributed by atoms with Crippen LogP contribution in [0.5, 0.6) is 0 Å². The van der Waals surface area contributed by atoms with Crippen LogP contribution >= 0.6 is 0 Å². The lowest BCUT2D eigenvalue weighted by Crippen LogP contribution is -2.36. The highest BCUT2D eigenvalue weighted by Gasteiger charge is 2.30. The van der Waals surface area contributed by atoms with Crippen molar-refractivity contribution >= 4 is 49.3 Å². The van der Waals surface area contributed by atoms with Gasteiger partial charge in [-0.25, -0.2) is 8.42 Å². The summed E-state index contributed by atoms with van der Waals surface area (Å²) in [5.41, 5.74) is 11.0. The molecule has 0 fully saturated rings. The zero-order valence-corrected chi connectivity index (χ0v) is 23.7. The predicted molar refractivity (Wildman–Crippen MR) is 161 cm³/mol. The third kappa shape index (κ3) is 5.64. The van der Waals surface area contributed by atoms with E-state index in [4.69, 9.17) is 15.9 Å². The maximum absolute atomic E-state index is 14.1. The monoisotopic (exact) mass is 569 g/mol. The molecule has 5 rings (SSSR count). The fourth-order valence-corrected chi connectivity index (χ4v) is 6.51. The van der Waals surface area contributed by atoms with E-state index in [0.29, 0.717) is 22.2 Å². The number of para-hydroxylation sites is 1. The third-order valence-electron chi connectivity index (χ3n) is 7.10. The number of ether oxygens (including phenoxy) is 1. The highest BCUT2D eigenvalue weighted by Crippen LogP contribution is 2.32. The molecule has 4 N–H and O–H groups in total. The molecule has 0 amide bonds. The number of amidine groups is 1. The molecule has 2 aromatic heterocycles. The first-order chi connectivity index (χ1) is 19.7. The lowest BCUT2D eigenvalue weighted by Gasteiger charge is -2.24. The minimum Gasteiger partial charge on any atom is -0.465 e. The van der Waals surface area contributed by atoms with Crippen LogP contribution in [0.1, 0.15) is 29.3 Å². The summed E-state index contributed by atoms with van der Waals surface area (Å²) >= 11 is 0. The number of benzene rings is 3. The maximum atomic E-state index is 14.1. The second-order valence-electron chi connectivity index (χ2n) is 9.72. The van der Waals surface area contributed by atoms with Crippen molar-refractivity contribution in [3.8, 4) is 0 Å². The molecule has 0 radical (unpaired) electrons. The number of sulfonamides is 1. The van der Waals surface area contributed by atoms with Crippen LogP contribution in [-0.4, -0.2) is 43.3 Å². The van der Waals surface area contributed by atoms with Crippen LogP contribution in [0.4, 0.5) is 5.69 Å².